The van der Waals surface area contributed by atoms with Crippen LogP contribution in [0, 0.1) is 6.92 Å². The lowest BCUT2D eigenvalue weighted by molar-refractivity contribution is -0.129. The van der Waals surface area contributed by atoms with Gasteiger partial charge in [0.05, 0.1) is 5.75 Å². The van der Waals surface area contributed by atoms with Crippen LogP contribution in [0.3, 0.4) is 0 Å². The Morgan fingerprint density at radius 2 is 2.04 bits per heavy atom. The van der Waals surface area contributed by atoms with E-state index in [1.807, 2.05) is 24.0 Å². The molecular weight excluding hydrogens is 360 g/mol. The van der Waals surface area contributed by atoms with E-state index in [9.17, 15) is 4.79 Å². The third-order valence-corrected chi connectivity index (χ3v) is 5.93. The molecule has 3 heterocycles. The third kappa shape index (κ3) is 3.25. The Bertz CT molecular complexity index is 1010. The second-order valence-electron chi connectivity index (χ2n) is 6.65. The number of rotatable bonds is 4. The molecule has 1 aliphatic rings. The highest BCUT2D eigenvalue weighted by Gasteiger charge is 2.22. The summed E-state index contributed by atoms with van der Waals surface area (Å²) in [5.74, 6) is 0.754. The highest BCUT2D eigenvalue weighted by Crippen LogP contribution is 2.25. The van der Waals surface area contributed by atoms with Crippen LogP contribution in [0.1, 0.15) is 29.3 Å². The molecule has 27 heavy (non-hydrogen) atoms. The van der Waals surface area contributed by atoms with Gasteiger partial charge in [-0.25, -0.2) is 9.38 Å². The summed E-state index contributed by atoms with van der Waals surface area (Å²) in [5, 5.41) is 9.13. The van der Waals surface area contributed by atoms with Gasteiger partial charge in [0, 0.05) is 24.3 Å². The third-order valence-electron chi connectivity index (χ3n) is 5.01. The van der Waals surface area contributed by atoms with Gasteiger partial charge >= 0.3 is 0 Å². The number of hydrogen-bond donors (Lipinski definition) is 1. The second kappa shape index (κ2) is 7.19. The molecule has 0 fully saturated rings. The average Bonchev–Trinajstić information content (AvgIpc) is 3.10. The fourth-order valence-electron chi connectivity index (χ4n) is 3.56. The van der Waals surface area contributed by atoms with Gasteiger partial charge in [0.25, 0.3) is 0 Å². The van der Waals surface area contributed by atoms with Gasteiger partial charge in [-0.15, -0.1) is 10.2 Å². The molecule has 7 nitrogen and oxygen atoms in total. The highest BCUT2D eigenvalue weighted by atomic mass is 32.2. The molecule has 4 rings (SSSR count). The molecule has 0 saturated heterocycles. The first-order valence-electron chi connectivity index (χ1n) is 9.06. The lowest BCUT2D eigenvalue weighted by atomic mass is 10.00. The number of amides is 1. The number of nitrogens with two attached hydrogens (primary N) is 1. The summed E-state index contributed by atoms with van der Waals surface area (Å²) in [4.78, 5) is 19.0. The van der Waals surface area contributed by atoms with Crippen LogP contribution in [0.5, 0.6) is 0 Å². The van der Waals surface area contributed by atoms with Crippen LogP contribution >= 0.6 is 11.8 Å². The standard InChI is InChI=1S/C19H22N6OS/c1-3-15-12(2)21-18(20)25-17(15)22-23-19(25)27-11-16(26)24-9-8-13-6-4-5-7-14(13)10-24/h4-7H,3,8-11H2,1-2H3,(H2,20,21). The highest BCUT2D eigenvalue weighted by molar-refractivity contribution is 7.99. The molecule has 0 radical (unpaired) electrons. The number of nitrogen functional groups attached to an aromatic ring is 1. The normalized spacial score (nSPS) is 13.8. The van der Waals surface area contributed by atoms with E-state index in [1.165, 1.54) is 22.9 Å². The Morgan fingerprint density at radius 1 is 1.26 bits per heavy atom. The van der Waals surface area contributed by atoms with Crippen LogP contribution in [0.4, 0.5) is 5.95 Å². The Hall–Kier alpha value is -2.61. The van der Waals surface area contributed by atoms with Crippen LogP contribution in [0.25, 0.3) is 5.65 Å². The van der Waals surface area contributed by atoms with Crippen molar-refractivity contribution >= 4 is 29.3 Å². The van der Waals surface area contributed by atoms with E-state index in [1.54, 1.807) is 4.40 Å². The monoisotopic (exact) mass is 382 g/mol. The minimum absolute atomic E-state index is 0.0978. The summed E-state index contributed by atoms with van der Waals surface area (Å²) >= 11 is 1.36. The first-order chi connectivity index (χ1) is 13.1. The number of aryl methyl sites for hydroxylation is 2. The molecule has 0 unspecified atom stereocenters. The van der Waals surface area contributed by atoms with Crippen molar-refractivity contribution in [1.82, 2.24) is 24.5 Å². The van der Waals surface area contributed by atoms with Crippen LogP contribution in [0.15, 0.2) is 29.4 Å². The van der Waals surface area contributed by atoms with Crippen LogP contribution in [-0.2, 0) is 24.2 Å². The molecule has 0 spiro atoms. The molecule has 140 valence electrons. The fraction of sp³-hybridized carbons (Fsp3) is 0.368. The van der Waals surface area contributed by atoms with E-state index in [0.29, 0.717) is 23.4 Å². The molecule has 3 aromatic rings. The topological polar surface area (TPSA) is 89.4 Å². The van der Waals surface area contributed by atoms with Gasteiger partial charge in [-0.2, -0.15) is 0 Å². The van der Waals surface area contributed by atoms with Gasteiger partial charge in [-0.05, 0) is 30.9 Å². The summed E-state index contributed by atoms with van der Waals surface area (Å²) < 4.78 is 1.75. The molecule has 0 aliphatic carbocycles. The van der Waals surface area contributed by atoms with E-state index in [4.69, 9.17) is 5.73 Å². The number of carbonyl (C=O) groups is 1. The number of nitrogens with zero attached hydrogens (tertiary/aromatic N) is 5. The van der Waals surface area contributed by atoms with E-state index >= 15 is 0 Å². The Labute approximate surface area is 162 Å². The summed E-state index contributed by atoms with van der Waals surface area (Å²) in [5.41, 5.74) is 11.3. The van der Waals surface area contributed by atoms with E-state index < -0.39 is 0 Å². The summed E-state index contributed by atoms with van der Waals surface area (Å²) in [6.45, 7) is 5.40. The maximum Gasteiger partial charge on any atom is 0.233 e. The number of aromatic nitrogens is 4. The Morgan fingerprint density at radius 3 is 2.81 bits per heavy atom. The molecule has 0 saturated carbocycles. The molecule has 2 aromatic heterocycles. The number of benzene rings is 1. The molecule has 1 aromatic carbocycles. The maximum absolute atomic E-state index is 12.7. The number of fused-ring (bicyclic) bond motifs is 2. The maximum atomic E-state index is 12.7. The lowest BCUT2D eigenvalue weighted by Crippen LogP contribution is -2.37. The van der Waals surface area contributed by atoms with Crippen molar-refractivity contribution in [3.8, 4) is 0 Å². The van der Waals surface area contributed by atoms with E-state index in [2.05, 4.69) is 34.2 Å². The molecular formula is C19H22N6OS. The van der Waals surface area contributed by atoms with Gasteiger partial charge in [0.15, 0.2) is 10.8 Å². The zero-order valence-electron chi connectivity index (χ0n) is 15.5. The lowest BCUT2D eigenvalue weighted by Gasteiger charge is -2.28. The quantitative estimate of drug-likeness (QED) is 0.696. The van der Waals surface area contributed by atoms with Crippen molar-refractivity contribution in [2.75, 3.05) is 18.0 Å². The SMILES string of the molecule is CCc1c(C)nc(N)n2c(SCC(=O)N3CCc4ccccc4C3)nnc12. The average molecular weight is 382 g/mol. The molecule has 8 heteroatoms. The van der Waals surface area contributed by atoms with Crippen LogP contribution < -0.4 is 5.73 Å². The second-order valence-corrected chi connectivity index (χ2v) is 7.59. The predicted molar refractivity (Wildman–Crippen MR) is 106 cm³/mol. The van der Waals surface area contributed by atoms with Crippen LogP contribution in [0.2, 0.25) is 0 Å². The molecule has 1 aliphatic heterocycles. The Balaban J connectivity index is 1.50. The number of hydrogen-bond acceptors (Lipinski definition) is 6. The first-order valence-corrected chi connectivity index (χ1v) is 10.0. The zero-order valence-corrected chi connectivity index (χ0v) is 16.3. The van der Waals surface area contributed by atoms with Gasteiger partial charge < -0.3 is 10.6 Å². The first kappa shape index (κ1) is 17.8. The summed E-state index contributed by atoms with van der Waals surface area (Å²) in [6, 6.07) is 8.30. The molecule has 0 bridgehead atoms. The van der Waals surface area contributed by atoms with Crippen molar-refractivity contribution in [2.24, 2.45) is 0 Å². The molecule has 2 N–H and O–H groups in total. The summed E-state index contributed by atoms with van der Waals surface area (Å²) in [6.07, 6.45) is 1.70. The van der Waals surface area contributed by atoms with Gasteiger partial charge in [0.2, 0.25) is 11.9 Å². The van der Waals surface area contributed by atoms with Gasteiger partial charge in [-0.1, -0.05) is 43.0 Å². The molecule has 0 atom stereocenters. The largest absolute Gasteiger partial charge is 0.369 e. The van der Waals surface area contributed by atoms with E-state index in [-0.39, 0.29) is 5.91 Å². The van der Waals surface area contributed by atoms with Crippen molar-refractivity contribution in [3.63, 3.8) is 0 Å². The smallest absolute Gasteiger partial charge is 0.233 e. The Kier molecular flexibility index (Phi) is 4.73. The number of anilines is 1. The predicted octanol–water partition coefficient (Wildman–Crippen LogP) is 2.25. The minimum atomic E-state index is 0.0978. The van der Waals surface area contributed by atoms with E-state index in [0.717, 1.165) is 36.3 Å². The van der Waals surface area contributed by atoms with Crippen molar-refractivity contribution in [3.05, 3.63) is 46.6 Å². The van der Waals surface area contributed by atoms with Crippen molar-refractivity contribution in [2.45, 2.75) is 38.4 Å². The van der Waals surface area contributed by atoms with Crippen LogP contribution in [-0.4, -0.2) is 42.7 Å². The van der Waals surface area contributed by atoms with Gasteiger partial charge in [-0.3, -0.25) is 4.79 Å². The molecule has 1 amide bonds. The minimum Gasteiger partial charge on any atom is -0.369 e. The van der Waals surface area contributed by atoms with Crippen molar-refractivity contribution in [1.29, 1.82) is 0 Å². The number of thioether (sulfide) groups is 1. The van der Waals surface area contributed by atoms with Gasteiger partial charge in [0.1, 0.15) is 0 Å². The fourth-order valence-corrected chi connectivity index (χ4v) is 4.40. The number of carbonyl (C=O) groups excluding carboxylic acids is 1. The zero-order chi connectivity index (χ0) is 19.0. The van der Waals surface area contributed by atoms with Crippen molar-refractivity contribution < 1.29 is 4.79 Å². The summed E-state index contributed by atoms with van der Waals surface area (Å²) in [7, 11) is 0.